The maximum atomic E-state index is 13.3. The first-order chi connectivity index (χ1) is 19.4. The van der Waals surface area contributed by atoms with E-state index >= 15 is 0 Å². The summed E-state index contributed by atoms with van der Waals surface area (Å²) in [4.78, 5) is 37.9. The van der Waals surface area contributed by atoms with Crippen LogP contribution in [0.1, 0.15) is 32.0 Å². The highest BCUT2D eigenvalue weighted by atomic mass is 19.1. The Balaban J connectivity index is 1.29. The number of nitrogens with two attached hydrogens (primary N) is 1. The number of primary amides is 1. The van der Waals surface area contributed by atoms with E-state index in [1.807, 2.05) is 0 Å². The molecule has 0 aliphatic carbocycles. The zero-order chi connectivity index (χ0) is 28.1. The van der Waals surface area contributed by atoms with Gasteiger partial charge in [-0.15, -0.1) is 0 Å². The van der Waals surface area contributed by atoms with Crippen LogP contribution in [0.5, 0.6) is 11.6 Å². The summed E-state index contributed by atoms with van der Waals surface area (Å²) in [6.45, 7) is 3.07. The molecule has 1 aliphatic heterocycles. The number of ether oxygens (including phenoxy) is 1. The zero-order valence-electron chi connectivity index (χ0n) is 21.5. The molecule has 200 valence electrons. The van der Waals surface area contributed by atoms with Crippen LogP contribution in [-0.4, -0.2) is 57.8 Å². The van der Waals surface area contributed by atoms with Gasteiger partial charge in [0, 0.05) is 62.3 Å². The van der Waals surface area contributed by atoms with E-state index in [1.54, 1.807) is 59.5 Å². The molecule has 0 saturated carbocycles. The fraction of sp³-hybridized carbons (Fsp3) is 0.167. The molecule has 1 fully saturated rings. The highest BCUT2D eigenvalue weighted by Crippen LogP contribution is 2.27. The number of benzene rings is 2. The summed E-state index contributed by atoms with van der Waals surface area (Å²) in [5.41, 5.74) is 8.33. The number of rotatable bonds is 7. The molecule has 9 nitrogen and oxygen atoms in total. The molecule has 2 amide bonds. The molecule has 1 saturated heterocycles. The Kier molecular flexibility index (Phi) is 7.75. The first kappa shape index (κ1) is 26.5. The predicted octanol–water partition coefficient (Wildman–Crippen LogP) is 4.00. The number of nitriles is 1. The van der Waals surface area contributed by atoms with E-state index in [0.29, 0.717) is 60.7 Å². The van der Waals surface area contributed by atoms with Gasteiger partial charge in [0.25, 0.3) is 11.8 Å². The average Bonchev–Trinajstić information content (AvgIpc) is 2.98. The second-order valence-corrected chi connectivity index (χ2v) is 9.31. The van der Waals surface area contributed by atoms with Crippen molar-refractivity contribution in [1.29, 1.82) is 5.26 Å². The lowest BCUT2D eigenvalue weighted by atomic mass is 10.0. The fourth-order valence-corrected chi connectivity index (χ4v) is 4.49. The quantitative estimate of drug-likeness (QED) is 0.378. The monoisotopic (exact) mass is 536 g/mol. The molecule has 5 rings (SSSR count). The molecule has 1 aliphatic rings. The van der Waals surface area contributed by atoms with Gasteiger partial charge < -0.3 is 15.4 Å². The number of hydrogen-bond donors (Lipinski definition) is 1. The van der Waals surface area contributed by atoms with Gasteiger partial charge in [0.05, 0.1) is 17.2 Å². The van der Waals surface area contributed by atoms with Gasteiger partial charge in [0.1, 0.15) is 17.3 Å². The third kappa shape index (κ3) is 6.11. The maximum Gasteiger partial charge on any atom is 0.267 e. The van der Waals surface area contributed by atoms with Crippen LogP contribution in [-0.2, 0) is 6.54 Å². The Morgan fingerprint density at radius 1 is 0.975 bits per heavy atom. The summed E-state index contributed by atoms with van der Waals surface area (Å²) in [5.74, 6) is -0.437. The Morgan fingerprint density at radius 3 is 2.42 bits per heavy atom. The maximum absolute atomic E-state index is 13.3. The lowest BCUT2D eigenvalue weighted by Crippen LogP contribution is -2.48. The Bertz CT molecular complexity index is 1580. The van der Waals surface area contributed by atoms with Crippen molar-refractivity contribution in [1.82, 2.24) is 19.8 Å². The molecule has 10 heteroatoms. The van der Waals surface area contributed by atoms with E-state index in [1.165, 1.54) is 24.5 Å². The first-order valence-electron chi connectivity index (χ1n) is 12.6. The van der Waals surface area contributed by atoms with Crippen LogP contribution in [0.3, 0.4) is 0 Å². The van der Waals surface area contributed by atoms with Gasteiger partial charge in [0.2, 0.25) is 5.88 Å². The third-order valence-electron chi connectivity index (χ3n) is 6.58. The molecule has 0 spiro atoms. The van der Waals surface area contributed by atoms with Crippen LogP contribution in [0.2, 0.25) is 0 Å². The lowest BCUT2D eigenvalue weighted by molar-refractivity contribution is 0.0627. The number of piperazine rings is 1. The van der Waals surface area contributed by atoms with Crippen molar-refractivity contribution >= 4 is 11.8 Å². The van der Waals surface area contributed by atoms with E-state index in [4.69, 9.17) is 15.7 Å². The molecule has 2 N–H and O–H groups in total. The summed E-state index contributed by atoms with van der Waals surface area (Å²) >= 11 is 0. The standard InChI is InChI=1S/C30H25FN6O3/c31-24-7-4-20(5-8-24)19-36-10-12-37(13-11-36)30(39)23-15-26(28(29(33)38)35-18-23)22-6-9-27(34-17-22)40-25-3-1-2-21(14-25)16-32/h1-9,14-15,17-18H,10-13,19H2,(H2,33,38). The Labute approximate surface area is 230 Å². The van der Waals surface area contributed by atoms with Crippen molar-refractivity contribution in [2.24, 2.45) is 5.73 Å². The number of amides is 2. The highest BCUT2D eigenvalue weighted by Gasteiger charge is 2.24. The molecule has 2 aromatic carbocycles. The van der Waals surface area contributed by atoms with Gasteiger partial charge in [-0.3, -0.25) is 14.5 Å². The molecule has 0 unspecified atom stereocenters. The van der Waals surface area contributed by atoms with Crippen LogP contribution in [0.15, 0.2) is 79.1 Å². The normalized spacial score (nSPS) is 13.4. The van der Waals surface area contributed by atoms with Crippen molar-refractivity contribution in [2.45, 2.75) is 6.54 Å². The number of aromatic nitrogens is 2. The smallest absolute Gasteiger partial charge is 0.267 e. The lowest BCUT2D eigenvalue weighted by Gasteiger charge is -2.34. The number of nitrogens with zero attached hydrogens (tertiary/aromatic N) is 5. The summed E-state index contributed by atoms with van der Waals surface area (Å²) in [7, 11) is 0. The number of hydrogen-bond acceptors (Lipinski definition) is 7. The van der Waals surface area contributed by atoms with E-state index in [0.717, 1.165) is 5.56 Å². The summed E-state index contributed by atoms with van der Waals surface area (Å²) < 4.78 is 18.9. The predicted molar refractivity (Wildman–Crippen MR) is 145 cm³/mol. The largest absolute Gasteiger partial charge is 0.439 e. The summed E-state index contributed by atoms with van der Waals surface area (Å²) in [6, 6.07) is 20.1. The van der Waals surface area contributed by atoms with Crippen LogP contribution >= 0.6 is 0 Å². The summed E-state index contributed by atoms with van der Waals surface area (Å²) in [5, 5.41) is 9.08. The van der Waals surface area contributed by atoms with Gasteiger partial charge in [0.15, 0.2) is 0 Å². The number of pyridine rings is 2. The van der Waals surface area contributed by atoms with Gasteiger partial charge in [-0.05, 0) is 48.0 Å². The first-order valence-corrected chi connectivity index (χ1v) is 12.6. The minimum absolute atomic E-state index is 0.0258. The fourth-order valence-electron chi connectivity index (χ4n) is 4.49. The van der Waals surface area contributed by atoms with Crippen LogP contribution < -0.4 is 10.5 Å². The molecule has 0 bridgehead atoms. The average molecular weight is 537 g/mol. The van der Waals surface area contributed by atoms with Crippen molar-refractivity contribution in [2.75, 3.05) is 26.2 Å². The molecule has 2 aromatic heterocycles. The summed E-state index contributed by atoms with van der Waals surface area (Å²) in [6.07, 6.45) is 2.87. The second-order valence-electron chi connectivity index (χ2n) is 9.31. The molecular formula is C30H25FN6O3. The van der Waals surface area contributed by atoms with E-state index in [2.05, 4.69) is 20.9 Å². The Morgan fingerprint density at radius 2 is 1.75 bits per heavy atom. The zero-order valence-corrected chi connectivity index (χ0v) is 21.5. The van der Waals surface area contributed by atoms with Crippen LogP contribution in [0.25, 0.3) is 11.1 Å². The van der Waals surface area contributed by atoms with Crippen molar-refractivity contribution in [3.8, 4) is 28.8 Å². The minimum atomic E-state index is -0.725. The SMILES string of the molecule is N#Cc1cccc(Oc2ccc(-c3cc(C(=O)N4CCN(Cc5ccc(F)cc5)CC4)cnc3C(N)=O)cn2)c1. The molecule has 0 atom stereocenters. The van der Waals surface area contributed by atoms with Crippen molar-refractivity contribution in [3.63, 3.8) is 0 Å². The number of carbonyl (C=O) groups excluding carboxylic acids is 2. The van der Waals surface area contributed by atoms with Crippen molar-refractivity contribution in [3.05, 3.63) is 107 Å². The van der Waals surface area contributed by atoms with Crippen LogP contribution in [0.4, 0.5) is 4.39 Å². The molecule has 40 heavy (non-hydrogen) atoms. The van der Waals surface area contributed by atoms with E-state index < -0.39 is 5.91 Å². The Hall–Kier alpha value is -5.14. The highest BCUT2D eigenvalue weighted by molar-refractivity contribution is 6.01. The number of halogens is 1. The topological polar surface area (TPSA) is 125 Å². The number of carbonyl (C=O) groups is 2. The second kappa shape index (κ2) is 11.7. The molecule has 4 aromatic rings. The van der Waals surface area contributed by atoms with Gasteiger partial charge >= 0.3 is 0 Å². The molecular weight excluding hydrogens is 511 g/mol. The minimum Gasteiger partial charge on any atom is -0.439 e. The van der Waals surface area contributed by atoms with Crippen molar-refractivity contribution < 1.29 is 18.7 Å². The van der Waals surface area contributed by atoms with Gasteiger partial charge in [-0.1, -0.05) is 18.2 Å². The third-order valence-corrected chi connectivity index (χ3v) is 6.58. The van der Waals surface area contributed by atoms with Gasteiger partial charge in [-0.2, -0.15) is 5.26 Å². The van der Waals surface area contributed by atoms with E-state index in [-0.39, 0.29) is 23.3 Å². The molecule has 3 heterocycles. The van der Waals surface area contributed by atoms with Gasteiger partial charge in [-0.25, -0.2) is 14.4 Å². The molecule has 0 radical (unpaired) electrons. The van der Waals surface area contributed by atoms with E-state index in [9.17, 15) is 14.0 Å². The van der Waals surface area contributed by atoms with Crippen LogP contribution in [0, 0.1) is 17.1 Å².